The van der Waals surface area contributed by atoms with Gasteiger partial charge in [0.2, 0.25) is 5.91 Å². The zero-order chi connectivity index (χ0) is 23.4. The minimum absolute atomic E-state index is 0.0142. The van der Waals surface area contributed by atoms with Crippen molar-refractivity contribution in [3.63, 3.8) is 0 Å². The number of pyridine rings is 1. The van der Waals surface area contributed by atoms with Gasteiger partial charge in [0, 0.05) is 17.8 Å². The first kappa shape index (κ1) is 22.0. The molecule has 1 aromatic heterocycles. The zero-order valence-electron chi connectivity index (χ0n) is 17.5. The molecule has 2 heterocycles. The number of hydrazone groups is 1. The van der Waals surface area contributed by atoms with Crippen LogP contribution >= 0.6 is 12.2 Å². The Morgan fingerprint density at radius 1 is 1.21 bits per heavy atom. The number of nitrogens with zero attached hydrogens (tertiary/aromatic N) is 3. The molecule has 3 aromatic rings. The molecular weight excluding hydrogens is 442 g/mol. The molecule has 166 valence electrons. The van der Waals surface area contributed by atoms with Crippen molar-refractivity contribution in [3.05, 3.63) is 66.4 Å². The molecule has 0 saturated carbocycles. The summed E-state index contributed by atoms with van der Waals surface area (Å²) in [6.07, 6.45) is 2.70. The molecule has 1 aliphatic rings. The molecule has 3 amide bonds. The van der Waals surface area contributed by atoms with Crippen molar-refractivity contribution in [1.29, 1.82) is 0 Å². The van der Waals surface area contributed by atoms with Crippen LogP contribution in [-0.2, 0) is 14.4 Å². The average Bonchev–Trinajstić information content (AvgIpc) is 2.81. The lowest BCUT2D eigenvalue weighted by Crippen LogP contribution is -2.58. The predicted octanol–water partition coefficient (Wildman–Crippen LogP) is 2.09. The normalized spacial score (nSPS) is 16.2. The van der Waals surface area contributed by atoms with Crippen LogP contribution in [0.3, 0.4) is 0 Å². The number of thiocarbonyl (C=S) groups is 1. The minimum Gasteiger partial charge on any atom is -0.481 e. The molecule has 0 bridgehead atoms. The average molecular weight is 462 g/mol. The van der Waals surface area contributed by atoms with Gasteiger partial charge in [0.15, 0.2) is 17.6 Å². The minimum atomic E-state index is -1.25. The standard InChI is InChI=1S/C23H19N5O4S/c1-14-7-9-16(10-8-14)28-22(31)17(21(30)26-23(28)33)12-25-27-19(29)13-32-18-6-2-4-15-5-3-11-24-20(15)18/h2-12,17H,13H2,1H3,(H,27,29)(H,26,30,33)/b25-12+/t17-/m1/s1. The molecule has 1 atom stereocenters. The van der Waals surface area contributed by atoms with Gasteiger partial charge in [-0.3, -0.25) is 24.3 Å². The van der Waals surface area contributed by atoms with Crippen molar-refractivity contribution in [3.8, 4) is 5.75 Å². The van der Waals surface area contributed by atoms with E-state index in [4.69, 9.17) is 17.0 Å². The van der Waals surface area contributed by atoms with Crippen molar-refractivity contribution in [1.82, 2.24) is 15.7 Å². The number of fused-ring (bicyclic) bond motifs is 1. The van der Waals surface area contributed by atoms with Crippen molar-refractivity contribution in [2.75, 3.05) is 11.5 Å². The SMILES string of the molecule is Cc1ccc(N2C(=O)[C@H](/C=N/NC(=O)COc3cccc4cccnc34)C(=O)NC2=S)cc1. The lowest BCUT2D eigenvalue weighted by atomic mass is 10.1. The lowest BCUT2D eigenvalue weighted by Gasteiger charge is -2.30. The molecule has 4 rings (SSSR count). The first-order valence-corrected chi connectivity index (χ1v) is 10.4. The molecule has 1 fully saturated rings. The van der Waals surface area contributed by atoms with Crippen molar-refractivity contribution in [2.45, 2.75) is 6.92 Å². The summed E-state index contributed by atoms with van der Waals surface area (Å²) >= 11 is 5.15. The summed E-state index contributed by atoms with van der Waals surface area (Å²) in [5, 5.41) is 7.12. The third-order valence-electron chi connectivity index (χ3n) is 4.86. The maximum atomic E-state index is 12.9. The predicted molar refractivity (Wildman–Crippen MR) is 127 cm³/mol. The number of carbonyl (C=O) groups excluding carboxylic acids is 3. The Kier molecular flexibility index (Phi) is 6.36. The topological polar surface area (TPSA) is 113 Å². The number of anilines is 1. The van der Waals surface area contributed by atoms with Crippen LogP contribution in [0, 0.1) is 12.8 Å². The number of hydrogen-bond donors (Lipinski definition) is 2. The Morgan fingerprint density at radius 2 is 1.97 bits per heavy atom. The molecule has 0 unspecified atom stereocenters. The molecule has 33 heavy (non-hydrogen) atoms. The van der Waals surface area contributed by atoms with Crippen molar-refractivity contribution < 1.29 is 19.1 Å². The Hall–Kier alpha value is -4.18. The molecule has 2 N–H and O–H groups in total. The van der Waals surface area contributed by atoms with Gasteiger partial charge in [-0.15, -0.1) is 0 Å². The van der Waals surface area contributed by atoms with Crippen LogP contribution in [0.25, 0.3) is 10.9 Å². The molecule has 1 aliphatic heterocycles. The number of nitrogens with one attached hydrogen (secondary N) is 2. The summed E-state index contributed by atoms with van der Waals surface area (Å²) in [6, 6.07) is 16.2. The number of benzene rings is 2. The van der Waals surface area contributed by atoms with Crippen LogP contribution < -0.4 is 20.4 Å². The van der Waals surface area contributed by atoms with Crippen LogP contribution in [-0.4, -0.2) is 40.6 Å². The Morgan fingerprint density at radius 3 is 2.76 bits per heavy atom. The maximum Gasteiger partial charge on any atom is 0.277 e. The van der Waals surface area contributed by atoms with Crippen LogP contribution in [0.2, 0.25) is 0 Å². The van der Waals surface area contributed by atoms with Gasteiger partial charge in [-0.2, -0.15) is 5.10 Å². The molecular formula is C23H19N5O4S. The van der Waals surface area contributed by atoms with Crippen LogP contribution in [0.5, 0.6) is 5.75 Å². The molecule has 9 nitrogen and oxygen atoms in total. The van der Waals surface area contributed by atoms with E-state index in [0.717, 1.165) is 17.2 Å². The smallest absolute Gasteiger partial charge is 0.277 e. The number of aromatic nitrogens is 1. The second-order valence-electron chi connectivity index (χ2n) is 7.21. The van der Waals surface area contributed by atoms with E-state index in [1.807, 2.05) is 37.3 Å². The number of hydrogen-bond acceptors (Lipinski definition) is 7. The third kappa shape index (κ3) is 4.85. The van der Waals surface area contributed by atoms with Gasteiger partial charge in [-0.05, 0) is 43.4 Å². The molecule has 1 saturated heterocycles. The number of rotatable bonds is 6. The van der Waals surface area contributed by atoms with Crippen molar-refractivity contribution >= 4 is 57.9 Å². The summed E-state index contributed by atoms with van der Waals surface area (Å²) in [7, 11) is 0. The number of carbonyl (C=O) groups is 3. The number of amides is 3. The molecule has 0 aliphatic carbocycles. The maximum absolute atomic E-state index is 12.9. The first-order chi connectivity index (χ1) is 15.9. The summed E-state index contributed by atoms with van der Waals surface area (Å²) in [5.41, 5.74) is 4.43. The second-order valence-corrected chi connectivity index (χ2v) is 7.60. The van der Waals surface area contributed by atoms with Crippen LogP contribution in [0.15, 0.2) is 65.9 Å². The fourth-order valence-corrected chi connectivity index (χ4v) is 3.51. The van der Waals surface area contributed by atoms with E-state index >= 15 is 0 Å². The van der Waals surface area contributed by atoms with E-state index in [0.29, 0.717) is 17.0 Å². The molecule has 0 spiro atoms. The fraction of sp³-hybridized carbons (Fsp3) is 0.130. The molecule has 0 radical (unpaired) electrons. The largest absolute Gasteiger partial charge is 0.481 e. The summed E-state index contributed by atoms with van der Waals surface area (Å²) < 4.78 is 5.54. The zero-order valence-corrected chi connectivity index (χ0v) is 18.3. The van der Waals surface area contributed by atoms with E-state index in [1.165, 1.54) is 4.90 Å². The number of ether oxygens (including phenoxy) is 1. The van der Waals surface area contributed by atoms with Gasteiger partial charge in [0.25, 0.3) is 11.8 Å². The highest BCUT2D eigenvalue weighted by molar-refractivity contribution is 7.80. The Balaban J connectivity index is 1.38. The highest BCUT2D eigenvalue weighted by Gasteiger charge is 2.38. The van der Waals surface area contributed by atoms with E-state index in [9.17, 15) is 14.4 Å². The van der Waals surface area contributed by atoms with E-state index in [2.05, 4.69) is 20.8 Å². The Labute approximate surface area is 194 Å². The Bertz CT molecular complexity index is 1270. The van der Waals surface area contributed by atoms with Gasteiger partial charge in [-0.25, -0.2) is 5.43 Å². The lowest BCUT2D eigenvalue weighted by molar-refractivity contribution is -0.130. The number of aryl methyl sites for hydroxylation is 1. The van der Waals surface area contributed by atoms with Crippen LogP contribution in [0.1, 0.15) is 5.56 Å². The summed E-state index contributed by atoms with van der Waals surface area (Å²) in [6.45, 7) is 1.60. The van der Waals surface area contributed by atoms with E-state index in [-0.39, 0.29) is 11.7 Å². The second kappa shape index (κ2) is 9.53. The van der Waals surface area contributed by atoms with Gasteiger partial charge in [0.1, 0.15) is 11.3 Å². The summed E-state index contributed by atoms with van der Waals surface area (Å²) in [4.78, 5) is 42.8. The third-order valence-corrected chi connectivity index (χ3v) is 5.15. The molecule has 2 aromatic carbocycles. The first-order valence-electron chi connectivity index (χ1n) is 9.98. The van der Waals surface area contributed by atoms with Crippen LogP contribution in [0.4, 0.5) is 5.69 Å². The fourth-order valence-electron chi connectivity index (χ4n) is 3.21. The van der Waals surface area contributed by atoms with E-state index in [1.54, 1.807) is 30.5 Å². The quantitative estimate of drug-likeness (QED) is 0.252. The highest BCUT2D eigenvalue weighted by atomic mass is 32.1. The monoisotopic (exact) mass is 461 g/mol. The van der Waals surface area contributed by atoms with Gasteiger partial charge < -0.3 is 10.1 Å². The summed E-state index contributed by atoms with van der Waals surface area (Å²) in [5.74, 6) is -2.54. The van der Waals surface area contributed by atoms with E-state index < -0.39 is 23.6 Å². The highest BCUT2D eigenvalue weighted by Crippen LogP contribution is 2.23. The van der Waals surface area contributed by atoms with Gasteiger partial charge in [-0.1, -0.05) is 35.9 Å². The molecule has 10 heteroatoms. The number of para-hydroxylation sites is 1. The van der Waals surface area contributed by atoms with Gasteiger partial charge >= 0.3 is 0 Å². The van der Waals surface area contributed by atoms with Crippen molar-refractivity contribution in [2.24, 2.45) is 11.0 Å². The van der Waals surface area contributed by atoms with Gasteiger partial charge in [0.05, 0.1) is 5.69 Å².